The van der Waals surface area contributed by atoms with E-state index in [9.17, 15) is 0 Å². The van der Waals surface area contributed by atoms with E-state index in [1.807, 2.05) is 17.1 Å². The van der Waals surface area contributed by atoms with Crippen LogP contribution in [0.15, 0.2) is 24.3 Å². The number of nitrogens with two attached hydrogens (primary N) is 1. The molecule has 0 aromatic heterocycles. The third-order valence-corrected chi connectivity index (χ3v) is 3.02. The smallest absolute Gasteiger partial charge is 0.119 e. The van der Waals surface area contributed by atoms with E-state index in [1.54, 1.807) is 7.11 Å². The first kappa shape index (κ1) is 13.3. The first-order valence-corrected chi connectivity index (χ1v) is 5.46. The summed E-state index contributed by atoms with van der Waals surface area (Å²) in [4.78, 5) is 0. The lowest BCUT2D eigenvalue weighted by Crippen LogP contribution is -2.38. The molecule has 1 heterocycles. The van der Waals surface area contributed by atoms with E-state index in [-0.39, 0.29) is 12.4 Å². The number of hydrogen-bond acceptors (Lipinski definition) is 3. The minimum absolute atomic E-state index is 0. The molecule has 3 nitrogen and oxygen atoms in total. The zero-order valence-corrected chi connectivity index (χ0v) is 10.4. The maximum absolute atomic E-state index is 6.00. The summed E-state index contributed by atoms with van der Waals surface area (Å²) in [6, 6.07) is 8.55. The van der Waals surface area contributed by atoms with E-state index in [2.05, 4.69) is 12.1 Å². The van der Waals surface area contributed by atoms with Gasteiger partial charge in [0.1, 0.15) is 5.75 Å². The standard InChI is InChI=1S/C12H18N2O.ClH/c1-15-11-6-4-5-10(9-11)12-7-2-3-8-14(12)13;/h4-6,9,12H,2-3,7-8,13H2,1H3;1H. The summed E-state index contributed by atoms with van der Waals surface area (Å²) in [6.45, 7) is 0.988. The van der Waals surface area contributed by atoms with Crippen LogP contribution in [0.2, 0.25) is 0 Å². The van der Waals surface area contributed by atoms with Gasteiger partial charge < -0.3 is 4.74 Å². The van der Waals surface area contributed by atoms with E-state index in [0.29, 0.717) is 6.04 Å². The van der Waals surface area contributed by atoms with Gasteiger partial charge in [0.25, 0.3) is 0 Å². The Bertz CT molecular complexity index is 333. The van der Waals surface area contributed by atoms with Crippen LogP contribution in [0, 0.1) is 0 Å². The number of rotatable bonds is 2. The van der Waals surface area contributed by atoms with Gasteiger partial charge in [-0.05, 0) is 30.5 Å². The van der Waals surface area contributed by atoms with E-state index in [4.69, 9.17) is 10.6 Å². The van der Waals surface area contributed by atoms with Gasteiger partial charge in [-0.15, -0.1) is 12.4 Å². The van der Waals surface area contributed by atoms with Gasteiger partial charge in [-0.2, -0.15) is 0 Å². The number of hydrogen-bond donors (Lipinski definition) is 1. The number of methoxy groups -OCH3 is 1. The van der Waals surface area contributed by atoms with Gasteiger partial charge in [0.2, 0.25) is 0 Å². The molecule has 1 atom stereocenters. The Morgan fingerprint density at radius 2 is 2.19 bits per heavy atom. The Labute approximate surface area is 103 Å². The Hall–Kier alpha value is -0.770. The lowest BCUT2D eigenvalue weighted by atomic mass is 9.97. The van der Waals surface area contributed by atoms with E-state index < -0.39 is 0 Å². The largest absolute Gasteiger partial charge is 0.497 e. The molecule has 1 unspecified atom stereocenters. The summed E-state index contributed by atoms with van der Waals surface area (Å²) in [7, 11) is 1.69. The summed E-state index contributed by atoms with van der Waals surface area (Å²) < 4.78 is 5.22. The molecular weight excluding hydrogens is 224 g/mol. The highest BCUT2D eigenvalue weighted by molar-refractivity contribution is 5.85. The second kappa shape index (κ2) is 6.09. The number of ether oxygens (including phenoxy) is 1. The molecule has 2 N–H and O–H groups in total. The fraction of sp³-hybridized carbons (Fsp3) is 0.500. The van der Waals surface area contributed by atoms with E-state index in [1.165, 1.54) is 18.4 Å². The SMILES string of the molecule is COc1cccc(C2CCCCN2N)c1.Cl. The van der Waals surface area contributed by atoms with Crippen molar-refractivity contribution in [3.63, 3.8) is 0 Å². The summed E-state index contributed by atoms with van der Waals surface area (Å²) in [5, 5.41) is 1.94. The average Bonchev–Trinajstić information content (AvgIpc) is 2.30. The minimum atomic E-state index is 0. The number of hydrazine groups is 1. The highest BCUT2D eigenvalue weighted by atomic mass is 35.5. The normalized spacial score (nSPS) is 21.2. The minimum Gasteiger partial charge on any atom is -0.497 e. The zero-order valence-electron chi connectivity index (χ0n) is 9.56. The van der Waals surface area contributed by atoms with Gasteiger partial charge in [0, 0.05) is 12.6 Å². The van der Waals surface area contributed by atoms with Crippen molar-refractivity contribution >= 4 is 12.4 Å². The molecule has 4 heteroatoms. The van der Waals surface area contributed by atoms with Crippen molar-refractivity contribution in [1.82, 2.24) is 5.01 Å². The van der Waals surface area contributed by atoms with Crippen molar-refractivity contribution in [3.8, 4) is 5.75 Å². The number of nitrogens with zero attached hydrogens (tertiary/aromatic N) is 1. The van der Waals surface area contributed by atoms with Gasteiger partial charge in [0.15, 0.2) is 0 Å². The van der Waals surface area contributed by atoms with Crippen molar-refractivity contribution in [2.45, 2.75) is 25.3 Å². The fourth-order valence-electron chi connectivity index (χ4n) is 2.16. The van der Waals surface area contributed by atoms with Crippen LogP contribution in [-0.4, -0.2) is 18.7 Å². The van der Waals surface area contributed by atoms with E-state index >= 15 is 0 Å². The highest BCUT2D eigenvalue weighted by Crippen LogP contribution is 2.29. The topological polar surface area (TPSA) is 38.5 Å². The van der Waals surface area contributed by atoms with Crippen LogP contribution in [0.25, 0.3) is 0 Å². The molecule has 16 heavy (non-hydrogen) atoms. The van der Waals surface area contributed by atoms with Gasteiger partial charge in [-0.3, -0.25) is 5.84 Å². The molecule has 1 fully saturated rings. The lowest BCUT2D eigenvalue weighted by Gasteiger charge is -2.32. The van der Waals surface area contributed by atoms with Crippen molar-refractivity contribution < 1.29 is 4.74 Å². The quantitative estimate of drug-likeness (QED) is 0.810. The third-order valence-electron chi connectivity index (χ3n) is 3.02. The van der Waals surface area contributed by atoms with Crippen molar-refractivity contribution in [3.05, 3.63) is 29.8 Å². The predicted molar refractivity (Wildman–Crippen MR) is 67.7 cm³/mol. The van der Waals surface area contributed by atoms with Crippen LogP contribution in [0.4, 0.5) is 0 Å². The van der Waals surface area contributed by atoms with Crippen LogP contribution in [0.5, 0.6) is 5.75 Å². The van der Waals surface area contributed by atoms with Crippen LogP contribution in [-0.2, 0) is 0 Å². The van der Waals surface area contributed by atoms with Crippen molar-refractivity contribution in [2.24, 2.45) is 5.84 Å². The molecule has 0 saturated carbocycles. The van der Waals surface area contributed by atoms with E-state index in [0.717, 1.165) is 18.7 Å². The van der Waals surface area contributed by atoms with Crippen molar-refractivity contribution in [2.75, 3.05) is 13.7 Å². The Kier molecular flexibility index (Phi) is 5.06. The van der Waals surface area contributed by atoms with Crippen LogP contribution in [0.1, 0.15) is 30.9 Å². The molecule has 1 aromatic carbocycles. The van der Waals surface area contributed by atoms with Crippen LogP contribution in [0.3, 0.4) is 0 Å². The molecule has 1 aliphatic heterocycles. The number of halogens is 1. The number of benzene rings is 1. The molecule has 0 spiro atoms. The first-order valence-electron chi connectivity index (χ1n) is 5.46. The molecule has 0 amide bonds. The fourth-order valence-corrected chi connectivity index (χ4v) is 2.16. The maximum atomic E-state index is 6.00. The molecule has 1 aromatic rings. The molecule has 1 aliphatic rings. The molecule has 0 aliphatic carbocycles. The summed E-state index contributed by atoms with van der Waals surface area (Å²) >= 11 is 0. The lowest BCUT2D eigenvalue weighted by molar-refractivity contribution is 0.151. The molecule has 0 radical (unpaired) electrons. The second-order valence-corrected chi connectivity index (χ2v) is 4.03. The molecule has 90 valence electrons. The van der Waals surface area contributed by atoms with Gasteiger partial charge >= 0.3 is 0 Å². The predicted octanol–water partition coefficient (Wildman–Crippen LogP) is 2.52. The average molecular weight is 243 g/mol. The first-order chi connectivity index (χ1) is 7.31. The zero-order chi connectivity index (χ0) is 10.7. The summed E-state index contributed by atoms with van der Waals surface area (Å²) in [5.41, 5.74) is 1.26. The molecule has 0 bridgehead atoms. The summed E-state index contributed by atoms with van der Waals surface area (Å²) in [6.07, 6.45) is 3.61. The highest BCUT2D eigenvalue weighted by Gasteiger charge is 2.21. The monoisotopic (exact) mass is 242 g/mol. The van der Waals surface area contributed by atoms with Crippen molar-refractivity contribution in [1.29, 1.82) is 0 Å². The molecule has 2 rings (SSSR count). The Balaban J connectivity index is 0.00000128. The molecular formula is C12H19ClN2O. The summed E-state index contributed by atoms with van der Waals surface area (Å²) in [5.74, 6) is 6.90. The Morgan fingerprint density at radius 3 is 2.88 bits per heavy atom. The molecule has 1 saturated heterocycles. The van der Waals surface area contributed by atoms with Gasteiger partial charge in [0.05, 0.1) is 7.11 Å². The van der Waals surface area contributed by atoms with Crippen LogP contribution < -0.4 is 10.6 Å². The maximum Gasteiger partial charge on any atom is 0.119 e. The Morgan fingerprint density at radius 1 is 1.38 bits per heavy atom. The second-order valence-electron chi connectivity index (χ2n) is 4.03. The van der Waals surface area contributed by atoms with Crippen LogP contribution >= 0.6 is 12.4 Å². The van der Waals surface area contributed by atoms with Gasteiger partial charge in [-0.25, -0.2) is 5.01 Å². The number of piperidine rings is 1. The third kappa shape index (κ3) is 2.88. The van der Waals surface area contributed by atoms with Gasteiger partial charge in [-0.1, -0.05) is 18.6 Å².